The number of likely N-dealkylation sites (tertiary alicyclic amines) is 1. The lowest BCUT2D eigenvalue weighted by atomic mass is 9.93. The third kappa shape index (κ3) is 7.91. The summed E-state index contributed by atoms with van der Waals surface area (Å²) in [6, 6.07) is -0.697. The predicted molar refractivity (Wildman–Crippen MR) is 107 cm³/mol. The second kappa shape index (κ2) is 10.5. The fourth-order valence-corrected chi connectivity index (χ4v) is 3.25. The Balaban J connectivity index is 2.71. The number of likely N-dealkylation sites (N-methyl/N-ethyl adjacent to an activating group) is 1. The quantitative estimate of drug-likeness (QED) is 0.656. The number of piperidine rings is 1. The number of nitrogens with zero attached hydrogens (tertiary/aromatic N) is 2. The summed E-state index contributed by atoms with van der Waals surface area (Å²) in [5.41, 5.74) is -0.659. The predicted octanol–water partition coefficient (Wildman–Crippen LogP) is 1.71. The zero-order valence-corrected chi connectivity index (χ0v) is 18.4. The van der Waals surface area contributed by atoms with Crippen molar-refractivity contribution in [1.82, 2.24) is 15.1 Å². The molecule has 29 heavy (non-hydrogen) atoms. The number of carboxylic acids is 1. The molecule has 2 atom stereocenters. The molecule has 0 radical (unpaired) electrons. The first-order valence-electron chi connectivity index (χ1n) is 10.1. The highest BCUT2D eigenvalue weighted by Crippen LogP contribution is 2.22. The SMILES string of the molecule is CC[C@@H](C)[C@H](NC(=O)OC(C)(C)C)C(=O)N1CCC(C(=O)N(C)CC(=O)O)CC1. The minimum atomic E-state index is -1.06. The van der Waals surface area contributed by atoms with Crippen LogP contribution in [0.3, 0.4) is 0 Å². The molecule has 1 fully saturated rings. The van der Waals surface area contributed by atoms with Crippen molar-refractivity contribution < 1.29 is 29.0 Å². The van der Waals surface area contributed by atoms with E-state index < -0.39 is 23.7 Å². The molecule has 0 saturated carbocycles. The molecule has 9 heteroatoms. The van der Waals surface area contributed by atoms with Crippen molar-refractivity contribution in [2.24, 2.45) is 11.8 Å². The van der Waals surface area contributed by atoms with E-state index in [4.69, 9.17) is 9.84 Å². The molecule has 1 rings (SSSR count). The van der Waals surface area contributed by atoms with Crippen LogP contribution < -0.4 is 5.32 Å². The maximum absolute atomic E-state index is 13.0. The van der Waals surface area contributed by atoms with Crippen molar-refractivity contribution in [3.63, 3.8) is 0 Å². The van der Waals surface area contributed by atoms with Gasteiger partial charge < -0.3 is 25.0 Å². The number of alkyl carbamates (subject to hydrolysis) is 1. The lowest BCUT2D eigenvalue weighted by Crippen LogP contribution is -2.54. The highest BCUT2D eigenvalue weighted by Gasteiger charge is 2.35. The van der Waals surface area contributed by atoms with E-state index in [1.165, 1.54) is 11.9 Å². The van der Waals surface area contributed by atoms with E-state index in [0.717, 1.165) is 0 Å². The maximum Gasteiger partial charge on any atom is 0.408 e. The molecule has 0 bridgehead atoms. The second-order valence-corrected chi connectivity index (χ2v) is 8.70. The van der Waals surface area contributed by atoms with Crippen LogP contribution in [0, 0.1) is 11.8 Å². The standard InChI is InChI=1S/C20H35N3O6/c1-7-13(2)16(21-19(28)29-20(3,4)5)18(27)23-10-8-14(9-11-23)17(26)22(6)12-15(24)25/h13-14,16H,7-12H2,1-6H3,(H,21,28)(H,24,25)/t13-,16+/m1/s1. The van der Waals surface area contributed by atoms with Gasteiger partial charge in [-0.05, 0) is 39.5 Å². The molecule has 1 aliphatic heterocycles. The van der Waals surface area contributed by atoms with Crippen LogP contribution in [0.25, 0.3) is 0 Å². The lowest BCUT2D eigenvalue weighted by molar-refractivity contribution is -0.146. The number of nitrogens with one attached hydrogen (secondary N) is 1. The number of hydrogen-bond donors (Lipinski definition) is 2. The van der Waals surface area contributed by atoms with E-state index in [9.17, 15) is 19.2 Å². The Labute approximate surface area is 172 Å². The van der Waals surface area contributed by atoms with Crippen molar-refractivity contribution in [2.75, 3.05) is 26.7 Å². The van der Waals surface area contributed by atoms with Gasteiger partial charge in [-0.1, -0.05) is 20.3 Å². The van der Waals surface area contributed by atoms with Crippen LogP contribution in [0.5, 0.6) is 0 Å². The summed E-state index contributed by atoms with van der Waals surface area (Å²) in [4.78, 5) is 51.2. The molecule has 166 valence electrons. The third-order valence-corrected chi connectivity index (χ3v) is 5.06. The summed E-state index contributed by atoms with van der Waals surface area (Å²) in [7, 11) is 1.47. The van der Waals surface area contributed by atoms with Crippen molar-refractivity contribution in [1.29, 1.82) is 0 Å². The van der Waals surface area contributed by atoms with E-state index in [2.05, 4.69) is 5.32 Å². The summed E-state index contributed by atoms with van der Waals surface area (Å²) in [6.07, 6.45) is 1.01. The lowest BCUT2D eigenvalue weighted by Gasteiger charge is -2.36. The Kier molecular flexibility index (Phi) is 8.91. The number of carboxylic acid groups (broad SMARTS) is 1. The van der Waals surface area contributed by atoms with Crippen LogP contribution in [-0.4, -0.2) is 77.1 Å². The van der Waals surface area contributed by atoms with Crippen molar-refractivity contribution in [3.05, 3.63) is 0 Å². The van der Waals surface area contributed by atoms with Crippen LogP contribution in [0.1, 0.15) is 53.9 Å². The van der Waals surface area contributed by atoms with Gasteiger partial charge in [-0.2, -0.15) is 0 Å². The number of carbonyl (C=O) groups excluding carboxylic acids is 3. The first-order valence-corrected chi connectivity index (χ1v) is 10.1. The van der Waals surface area contributed by atoms with Crippen molar-refractivity contribution in [3.8, 4) is 0 Å². The van der Waals surface area contributed by atoms with Crippen LogP contribution >= 0.6 is 0 Å². The Morgan fingerprint density at radius 1 is 1.21 bits per heavy atom. The number of ether oxygens (including phenoxy) is 1. The number of rotatable bonds is 7. The molecule has 0 aromatic rings. The Morgan fingerprint density at radius 3 is 2.21 bits per heavy atom. The van der Waals surface area contributed by atoms with Gasteiger partial charge in [0, 0.05) is 26.1 Å². The molecule has 2 N–H and O–H groups in total. The van der Waals surface area contributed by atoms with Gasteiger partial charge in [0.25, 0.3) is 0 Å². The molecule has 0 aliphatic carbocycles. The monoisotopic (exact) mass is 413 g/mol. The average molecular weight is 414 g/mol. The third-order valence-electron chi connectivity index (χ3n) is 5.06. The van der Waals surface area contributed by atoms with Gasteiger partial charge in [0.1, 0.15) is 18.2 Å². The highest BCUT2D eigenvalue weighted by atomic mass is 16.6. The average Bonchev–Trinajstić information content (AvgIpc) is 2.62. The maximum atomic E-state index is 13.0. The fraction of sp³-hybridized carbons (Fsp3) is 0.800. The van der Waals surface area contributed by atoms with Gasteiger partial charge in [-0.25, -0.2) is 4.79 Å². The van der Waals surface area contributed by atoms with Gasteiger partial charge >= 0.3 is 12.1 Å². The summed E-state index contributed by atoms with van der Waals surface area (Å²) >= 11 is 0. The molecule has 9 nitrogen and oxygen atoms in total. The first kappa shape index (κ1) is 24.7. The van der Waals surface area contributed by atoms with E-state index in [-0.39, 0.29) is 30.2 Å². The fourth-order valence-electron chi connectivity index (χ4n) is 3.25. The molecule has 1 saturated heterocycles. The number of aliphatic carboxylic acids is 1. The van der Waals surface area contributed by atoms with Gasteiger partial charge in [0.2, 0.25) is 11.8 Å². The Morgan fingerprint density at radius 2 is 1.76 bits per heavy atom. The molecule has 0 spiro atoms. The Bertz CT molecular complexity index is 608. The topological polar surface area (TPSA) is 116 Å². The number of hydrogen-bond acceptors (Lipinski definition) is 5. The molecule has 1 heterocycles. The first-order chi connectivity index (χ1) is 13.4. The molecule has 0 aromatic heterocycles. The van der Waals surface area contributed by atoms with Crippen molar-refractivity contribution >= 4 is 23.9 Å². The molecular weight excluding hydrogens is 378 g/mol. The van der Waals surface area contributed by atoms with Crippen molar-refractivity contribution in [2.45, 2.75) is 65.5 Å². The number of carbonyl (C=O) groups is 4. The minimum Gasteiger partial charge on any atom is -0.480 e. The largest absolute Gasteiger partial charge is 0.480 e. The smallest absolute Gasteiger partial charge is 0.408 e. The molecular formula is C20H35N3O6. The van der Waals surface area contributed by atoms with Crippen LogP contribution in [0.15, 0.2) is 0 Å². The summed E-state index contributed by atoms with van der Waals surface area (Å²) in [5, 5.41) is 11.5. The second-order valence-electron chi connectivity index (χ2n) is 8.70. The summed E-state index contributed by atoms with van der Waals surface area (Å²) < 4.78 is 5.29. The van der Waals surface area contributed by atoms with E-state index in [1.807, 2.05) is 13.8 Å². The normalized spacial score (nSPS) is 17.2. The van der Waals surface area contributed by atoms with Gasteiger partial charge in [0.05, 0.1) is 0 Å². The number of amides is 3. The van der Waals surface area contributed by atoms with E-state index >= 15 is 0 Å². The zero-order chi connectivity index (χ0) is 22.4. The molecule has 0 aromatic carbocycles. The highest BCUT2D eigenvalue weighted by molar-refractivity contribution is 5.87. The molecule has 3 amide bonds. The van der Waals surface area contributed by atoms with Gasteiger partial charge in [0.15, 0.2) is 0 Å². The van der Waals surface area contributed by atoms with Gasteiger partial charge in [-0.15, -0.1) is 0 Å². The van der Waals surface area contributed by atoms with E-state index in [1.54, 1.807) is 25.7 Å². The van der Waals surface area contributed by atoms with Crippen LogP contribution in [-0.2, 0) is 19.1 Å². The Hall–Kier alpha value is -2.32. The molecule has 0 unspecified atom stereocenters. The molecule has 1 aliphatic rings. The van der Waals surface area contributed by atoms with Crippen LogP contribution in [0.2, 0.25) is 0 Å². The minimum absolute atomic E-state index is 0.0731. The van der Waals surface area contributed by atoms with E-state index in [0.29, 0.717) is 32.4 Å². The van der Waals surface area contributed by atoms with Gasteiger partial charge in [-0.3, -0.25) is 14.4 Å². The zero-order valence-electron chi connectivity index (χ0n) is 18.4. The summed E-state index contributed by atoms with van der Waals surface area (Å²) in [5.74, 6) is -1.83. The summed E-state index contributed by atoms with van der Waals surface area (Å²) in [6.45, 7) is 9.56. The van der Waals surface area contributed by atoms with Crippen LogP contribution in [0.4, 0.5) is 4.79 Å².